The Bertz CT molecular complexity index is 350. The second-order valence-electron chi connectivity index (χ2n) is 4.26. The van der Waals surface area contributed by atoms with Crippen molar-refractivity contribution in [2.75, 3.05) is 6.54 Å². The van der Waals surface area contributed by atoms with E-state index in [9.17, 15) is 4.79 Å². The first kappa shape index (κ1) is 12.3. The highest BCUT2D eigenvalue weighted by Gasteiger charge is 2.14. The summed E-state index contributed by atoms with van der Waals surface area (Å²) in [4.78, 5) is 18.2. The van der Waals surface area contributed by atoms with E-state index in [0.29, 0.717) is 6.54 Å². The Morgan fingerprint density at radius 2 is 2.38 bits per heavy atom. The Morgan fingerprint density at radius 1 is 1.62 bits per heavy atom. The fourth-order valence-electron chi connectivity index (χ4n) is 0.996. The standard InChI is InChI=1S/C11H17N3O2/c1-11(2,3)16-10(15)14-6-4-5-9-12-7-8-13-9/h4-5,7-8H,6H2,1-3H3,(H,12,13)(H,14,15). The third-order valence-electron chi connectivity index (χ3n) is 1.56. The first-order valence-corrected chi connectivity index (χ1v) is 5.10. The number of ether oxygens (including phenoxy) is 1. The van der Waals surface area contributed by atoms with Crippen LogP contribution in [0.5, 0.6) is 0 Å². The second-order valence-corrected chi connectivity index (χ2v) is 4.26. The van der Waals surface area contributed by atoms with Crippen LogP contribution in [0.15, 0.2) is 18.5 Å². The molecule has 1 aromatic heterocycles. The molecule has 0 unspecified atom stereocenters. The van der Waals surface area contributed by atoms with E-state index in [1.54, 1.807) is 24.5 Å². The lowest BCUT2D eigenvalue weighted by molar-refractivity contribution is 0.0534. The molecule has 0 bridgehead atoms. The van der Waals surface area contributed by atoms with E-state index in [2.05, 4.69) is 15.3 Å². The first-order valence-electron chi connectivity index (χ1n) is 5.10. The molecule has 5 nitrogen and oxygen atoms in total. The summed E-state index contributed by atoms with van der Waals surface area (Å²) in [6.45, 7) is 5.89. The van der Waals surface area contributed by atoms with E-state index >= 15 is 0 Å². The third kappa shape index (κ3) is 5.19. The Kier molecular flexibility index (Phi) is 4.10. The number of aromatic amines is 1. The molecule has 2 N–H and O–H groups in total. The van der Waals surface area contributed by atoms with Crippen LogP contribution in [-0.4, -0.2) is 28.2 Å². The van der Waals surface area contributed by atoms with Gasteiger partial charge in [-0.25, -0.2) is 9.78 Å². The van der Waals surface area contributed by atoms with Crippen molar-refractivity contribution in [2.24, 2.45) is 0 Å². The van der Waals surface area contributed by atoms with Gasteiger partial charge in [-0.2, -0.15) is 0 Å². The van der Waals surface area contributed by atoms with Crippen LogP contribution in [0, 0.1) is 0 Å². The van der Waals surface area contributed by atoms with Gasteiger partial charge in [-0.1, -0.05) is 6.08 Å². The largest absolute Gasteiger partial charge is 0.444 e. The highest BCUT2D eigenvalue weighted by Crippen LogP contribution is 2.06. The van der Waals surface area contributed by atoms with Gasteiger partial charge >= 0.3 is 6.09 Å². The van der Waals surface area contributed by atoms with Crippen LogP contribution in [0.3, 0.4) is 0 Å². The van der Waals surface area contributed by atoms with E-state index in [1.807, 2.05) is 20.8 Å². The van der Waals surface area contributed by atoms with Gasteiger partial charge in [0.15, 0.2) is 0 Å². The predicted octanol–water partition coefficient (Wildman–Crippen LogP) is 1.95. The highest BCUT2D eigenvalue weighted by molar-refractivity contribution is 5.68. The molecule has 0 radical (unpaired) electrons. The minimum atomic E-state index is -0.463. The smallest absolute Gasteiger partial charge is 0.407 e. The van der Waals surface area contributed by atoms with Crippen molar-refractivity contribution >= 4 is 12.2 Å². The summed E-state index contributed by atoms with van der Waals surface area (Å²) >= 11 is 0. The number of hydrogen-bond donors (Lipinski definition) is 2. The maximum absolute atomic E-state index is 11.2. The van der Waals surface area contributed by atoms with Gasteiger partial charge in [0, 0.05) is 18.9 Å². The molecule has 1 aromatic rings. The molecule has 0 saturated carbocycles. The van der Waals surface area contributed by atoms with Crippen molar-refractivity contribution in [3.05, 3.63) is 24.3 Å². The van der Waals surface area contributed by atoms with Gasteiger partial charge in [0.25, 0.3) is 0 Å². The molecule has 5 heteroatoms. The number of H-pyrrole nitrogens is 1. The van der Waals surface area contributed by atoms with E-state index in [4.69, 9.17) is 4.74 Å². The number of aromatic nitrogens is 2. The zero-order chi connectivity index (χ0) is 12.0. The maximum Gasteiger partial charge on any atom is 0.407 e. The molecule has 0 saturated heterocycles. The molecule has 0 spiro atoms. The monoisotopic (exact) mass is 223 g/mol. The second kappa shape index (κ2) is 5.34. The number of rotatable bonds is 3. The normalized spacial score (nSPS) is 11.7. The minimum absolute atomic E-state index is 0.412. The first-order chi connectivity index (χ1) is 7.47. The lowest BCUT2D eigenvalue weighted by atomic mass is 10.2. The molecule has 0 aliphatic rings. The summed E-state index contributed by atoms with van der Waals surface area (Å²) in [6.07, 6.45) is 6.57. The lowest BCUT2D eigenvalue weighted by Crippen LogP contribution is -2.32. The molecule has 1 amide bonds. The Labute approximate surface area is 94.9 Å². The quantitative estimate of drug-likeness (QED) is 0.823. The fraction of sp³-hybridized carbons (Fsp3) is 0.455. The number of nitrogens with zero attached hydrogens (tertiary/aromatic N) is 1. The van der Waals surface area contributed by atoms with Gasteiger partial charge in [-0.15, -0.1) is 0 Å². The van der Waals surface area contributed by atoms with Crippen molar-refractivity contribution in [1.29, 1.82) is 0 Å². The minimum Gasteiger partial charge on any atom is -0.444 e. The predicted molar refractivity (Wildman–Crippen MR) is 61.9 cm³/mol. The summed E-state index contributed by atoms with van der Waals surface area (Å²) in [5.41, 5.74) is -0.463. The number of hydrogen-bond acceptors (Lipinski definition) is 3. The van der Waals surface area contributed by atoms with Gasteiger partial charge in [-0.3, -0.25) is 0 Å². The van der Waals surface area contributed by atoms with Gasteiger partial charge in [-0.05, 0) is 26.8 Å². The van der Waals surface area contributed by atoms with Crippen molar-refractivity contribution in [1.82, 2.24) is 15.3 Å². The van der Waals surface area contributed by atoms with Gasteiger partial charge in [0.05, 0.1) is 0 Å². The summed E-state index contributed by atoms with van der Waals surface area (Å²) in [5, 5.41) is 2.61. The van der Waals surface area contributed by atoms with Crippen LogP contribution in [0.2, 0.25) is 0 Å². The van der Waals surface area contributed by atoms with E-state index in [1.165, 1.54) is 0 Å². The number of imidazole rings is 1. The molecule has 0 fully saturated rings. The molecule has 0 atom stereocenters. The number of carbonyl (C=O) groups is 1. The molecule has 16 heavy (non-hydrogen) atoms. The highest BCUT2D eigenvalue weighted by atomic mass is 16.6. The van der Waals surface area contributed by atoms with Crippen LogP contribution in [0.4, 0.5) is 4.79 Å². The molecule has 0 aliphatic heterocycles. The van der Waals surface area contributed by atoms with Crippen molar-refractivity contribution in [3.63, 3.8) is 0 Å². The third-order valence-corrected chi connectivity index (χ3v) is 1.56. The van der Waals surface area contributed by atoms with Crippen molar-refractivity contribution in [3.8, 4) is 0 Å². The Hall–Kier alpha value is -1.78. The molecule has 1 rings (SSSR count). The Morgan fingerprint density at radius 3 is 2.94 bits per heavy atom. The van der Waals surface area contributed by atoms with Crippen LogP contribution in [0.25, 0.3) is 6.08 Å². The Balaban J connectivity index is 2.23. The number of nitrogens with one attached hydrogen (secondary N) is 2. The number of alkyl carbamates (subject to hydrolysis) is 1. The van der Waals surface area contributed by atoms with Crippen LogP contribution < -0.4 is 5.32 Å². The van der Waals surface area contributed by atoms with E-state index < -0.39 is 11.7 Å². The van der Waals surface area contributed by atoms with Crippen LogP contribution in [0.1, 0.15) is 26.6 Å². The fourth-order valence-corrected chi connectivity index (χ4v) is 0.996. The summed E-state index contributed by atoms with van der Waals surface area (Å²) in [5.74, 6) is 0.756. The molecule has 0 aliphatic carbocycles. The summed E-state index contributed by atoms with van der Waals surface area (Å²) < 4.78 is 5.07. The summed E-state index contributed by atoms with van der Waals surface area (Å²) in [7, 11) is 0. The zero-order valence-corrected chi connectivity index (χ0v) is 9.78. The van der Waals surface area contributed by atoms with Gasteiger partial charge in [0.2, 0.25) is 0 Å². The van der Waals surface area contributed by atoms with Gasteiger partial charge in [0.1, 0.15) is 11.4 Å². The maximum atomic E-state index is 11.2. The number of carbonyl (C=O) groups excluding carboxylic acids is 1. The van der Waals surface area contributed by atoms with Crippen molar-refractivity contribution < 1.29 is 9.53 Å². The molecule has 1 heterocycles. The van der Waals surface area contributed by atoms with Crippen molar-refractivity contribution in [2.45, 2.75) is 26.4 Å². The van der Waals surface area contributed by atoms with Gasteiger partial charge < -0.3 is 15.0 Å². The molecular weight excluding hydrogens is 206 g/mol. The lowest BCUT2D eigenvalue weighted by Gasteiger charge is -2.19. The average Bonchev–Trinajstić information content (AvgIpc) is 2.62. The average molecular weight is 223 g/mol. The van der Waals surface area contributed by atoms with E-state index in [-0.39, 0.29) is 0 Å². The topological polar surface area (TPSA) is 67.0 Å². The van der Waals surface area contributed by atoms with Crippen LogP contribution >= 0.6 is 0 Å². The zero-order valence-electron chi connectivity index (χ0n) is 9.78. The SMILES string of the molecule is CC(C)(C)OC(=O)NCC=Cc1ncc[nH]1. The van der Waals surface area contributed by atoms with E-state index in [0.717, 1.165) is 5.82 Å². The molecular formula is C11H17N3O2. The molecule has 88 valence electrons. The molecule has 0 aromatic carbocycles. The number of amides is 1. The van der Waals surface area contributed by atoms with Crippen LogP contribution in [-0.2, 0) is 4.74 Å². The summed E-state index contributed by atoms with van der Waals surface area (Å²) in [6, 6.07) is 0.